The second-order valence-electron chi connectivity index (χ2n) is 2.60. The molecule has 17 heavy (non-hydrogen) atoms. The summed E-state index contributed by atoms with van der Waals surface area (Å²) in [6.45, 7) is 13.2. The van der Waals surface area contributed by atoms with Crippen LogP contribution < -0.4 is 5.32 Å². The highest BCUT2D eigenvalue weighted by Gasteiger charge is 1.97. The van der Waals surface area contributed by atoms with Crippen molar-refractivity contribution in [1.82, 2.24) is 5.32 Å². The third-order valence-corrected chi connectivity index (χ3v) is 1.68. The van der Waals surface area contributed by atoms with Crippen LogP contribution in [0, 0.1) is 18.2 Å². The topological polar surface area (TPSA) is 35.9 Å². The highest BCUT2D eigenvalue weighted by atomic mass is 19.1. The number of nitrogens with one attached hydrogen (secondary N) is 2. The lowest BCUT2D eigenvalue weighted by Gasteiger charge is -2.03. The molecule has 0 unspecified atom stereocenters. The van der Waals surface area contributed by atoms with Crippen LogP contribution in [0.1, 0.15) is 38.8 Å². The van der Waals surface area contributed by atoms with Crippen molar-refractivity contribution in [2.24, 2.45) is 0 Å². The van der Waals surface area contributed by atoms with Gasteiger partial charge in [-0.2, -0.15) is 0 Å². The minimum absolute atomic E-state index is 0.166. The molecule has 3 heteroatoms. The molecule has 0 saturated carbocycles. The standard InChI is InChI=1S/C9H12FN.2C2H6.CH3N/c1-7-3-4-9(10)5-8(7)6-11-2;3*1-2/h3-5,11H,6H2,1-2H3;2*1-2H3;2H,1H2. The zero-order valence-electron chi connectivity index (χ0n) is 12.0. The third-order valence-electron chi connectivity index (χ3n) is 1.68. The van der Waals surface area contributed by atoms with Gasteiger partial charge in [0.05, 0.1) is 0 Å². The average molecular weight is 242 g/mol. The molecule has 0 aromatic heterocycles. The van der Waals surface area contributed by atoms with Crippen molar-refractivity contribution in [2.45, 2.75) is 41.2 Å². The molecule has 0 atom stereocenters. The Kier molecular flexibility index (Phi) is 21.3. The Hall–Kier alpha value is -1.22. The van der Waals surface area contributed by atoms with E-state index >= 15 is 0 Å². The summed E-state index contributed by atoms with van der Waals surface area (Å²) < 4.78 is 12.6. The minimum Gasteiger partial charge on any atom is -0.317 e. The third kappa shape index (κ3) is 11.1. The van der Waals surface area contributed by atoms with Crippen molar-refractivity contribution in [3.63, 3.8) is 0 Å². The van der Waals surface area contributed by atoms with Gasteiger partial charge in [0, 0.05) is 6.54 Å². The average Bonchev–Trinajstić information content (AvgIpc) is 2.41. The molecule has 0 heterocycles. The highest BCUT2D eigenvalue weighted by Crippen LogP contribution is 2.09. The van der Waals surface area contributed by atoms with E-state index < -0.39 is 0 Å². The number of hydrogen-bond acceptors (Lipinski definition) is 2. The molecule has 2 nitrogen and oxygen atoms in total. The van der Waals surface area contributed by atoms with Gasteiger partial charge in [0.1, 0.15) is 5.82 Å². The Morgan fingerprint density at radius 1 is 1.18 bits per heavy atom. The Balaban J connectivity index is -0.000000285. The van der Waals surface area contributed by atoms with Crippen molar-refractivity contribution in [1.29, 1.82) is 5.41 Å². The van der Waals surface area contributed by atoms with E-state index in [4.69, 9.17) is 5.41 Å². The van der Waals surface area contributed by atoms with Gasteiger partial charge in [-0.15, -0.1) is 0 Å². The molecule has 1 aromatic carbocycles. The number of benzene rings is 1. The quantitative estimate of drug-likeness (QED) is 0.750. The smallest absolute Gasteiger partial charge is 0.123 e. The van der Waals surface area contributed by atoms with Crippen LogP contribution in [0.15, 0.2) is 18.2 Å². The van der Waals surface area contributed by atoms with Crippen LogP contribution in [-0.4, -0.2) is 13.8 Å². The van der Waals surface area contributed by atoms with Crippen molar-refractivity contribution in [3.8, 4) is 0 Å². The molecule has 0 saturated heterocycles. The van der Waals surface area contributed by atoms with Gasteiger partial charge in [-0.05, 0) is 43.9 Å². The van der Waals surface area contributed by atoms with Gasteiger partial charge in [-0.25, -0.2) is 4.39 Å². The lowest BCUT2D eigenvalue weighted by atomic mass is 10.1. The summed E-state index contributed by atoms with van der Waals surface area (Å²) in [4.78, 5) is 0. The van der Waals surface area contributed by atoms with Crippen LogP contribution in [0.4, 0.5) is 4.39 Å². The van der Waals surface area contributed by atoms with Crippen molar-refractivity contribution in [2.75, 3.05) is 7.05 Å². The molecule has 1 aromatic rings. The zero-order chi connectivity index (χ0) is 14.3. The predicted octanol–water partition coefficient (Wildman–Crippen LogP) is 4.17. The van der Waals surface area contributed by atoms with E-state index in [0.717, 1.165) is 17.7 Å². The molecule has 0 amide bonds. The summed E-state index contributed by atoms with van der Waals surface area (Å²) >= 11 is 0. The Morgan fingerprint density at radius 2 is 1.65 bits per heavy atom. The predicted molar refractivity (Wildman–Crippen MR) is 76.4 cm³/mol. The van der Waals surface area contributed by atoms with Crippen LogP contribution in [0.3, 0.4) is 0 Å². The number of aryl methyl sites for hydroxylation is 1. The van der Waals surface area contributed by atoms with Gasteiger partial charge in [0.2, 0.25) is 0 Å². The monoisotopic (exact) mass is 242 g/mol. The van der Waals surface area contributed by atoms with E-state index in [9.17, 15) is 4.39 Å². The van der Waals surface area contributed by atoms with E-state index in [-0.39, 0.29) is 5.82 Å². The van der Waals surface area contributed by atoms with Crippen LogP contribution in [0.5, 0.6) is 0 Å². The van der Waals surface area contributed by atoms with Crippen molar-refractivity contribution in [3.05, 3.63) is 35.1 Å². The van der Waals surface area contributed by atoms with Gasteiger partial charge in [0.25, 0.3) is 0 Å². The van der Waals surface area contributed by atoms with E-state index in [1.54, 1.807) is 12.1 Å². The van der Waals surface area contributed by atoms with Crippen molar-refractivity contribution < 1.29 is 4.39 Å². The molecule has 100 valence electrons. The van der Waals surface area contributed by atoms with Gasteiger partial charge in [-0.3, -0.25) is 0 Å². The van der Waals surface area contributed by atoms with Crippen molar-refractivity contribution >= 4 is 6.72 Å². The van der Waals surface area contributed by atoms with E-state index in [2.05, 4.69) is 12.0 Å². The number of rotatable bonds is 2. The first-order valence-electron chi connectivity index (χ1n) is 5.99. The Morgan fingerprint density at radius 3 is 2.06 bits per heavy atom. The van der Waals surface area contributed by atoms with Gasteiger partial charge in [0.15, 0.2) is 0 Å². The van der Waals surface area contributed by atoms with Gasteiger partial charge in [-0.1, -0.05) is 33.8 Å². The number of halogens is 1. The maximum absolute atomic E-state index is 12.6. The lowest BCUT2D eigenvalue weighted by Crippen LogP contribution is -2.06. The van der Waals surface area contributed by atoms with Crippen LogP contribution >= 0.6 is 0 Å². The summed E-state index contributed by atoms with van der Waals surface area (Å²) in [5, 5.41) is 8.49. The molecule has 0 radical (unpaired) electrons. The Bertz CT molecular complexity index is 262. The molecule has 0 aliphatic rings. The molecule has 0 fully saturated rings. The van der Waals surface area contributed by atoms with E-state index in [1.165, 1.54) is 6.07 Å². The fraction of sp³-hybridized carbons (Fsp3) is 0.500. The van der Waals surface area contributed by atoms with E-state index in [1.807, 2.05) is 41.7 Å². The maximum atomic E-state index is 12.6. The molecule has 2 N–H and O–H groups in total. The van der Waals surface area contributed by atoms with E-state index in [0.29, 0.717) is 0 Å². The fourth-order valence-corrected chi connectivity index (χ4v) is 1.02. The fourth-order valence-electron chi connectivity index (χ4n) is 1.02. The molecular weight excluding hydrogens is 215 g/mol. The summed E-state index contributed by atoms with van der Waals surface area (Å²) in [7, 11) is 1.85. The molecule has 0 aliphatic carbocycles. The normalized spacial score (nSPS) is 7.47. The summed E-state index contributed by atoms with van der Waals surface area (Å²) in [6, 6.07) is 4.84. The first-order chi connectivity index (χ1) is 8.24. The first kappa shape index (κ1) is 21.1. The summed E-state index contributed by atoms with van der Waals surface area (Å²) in [5.74, 6) is -0.166. The summed E-state index contributed by atoms with van der Waals surface area (Å²) in [6.07, 6.45) is 0. The molecule has 0 aliphatic heterocycles. The maximum Gasteiger partial charge on any atom is 0.123 e. The number of hydrogen-bond donors (Lipinski definition) is 2. The van der Waals surface area contributed by atoms with Gasteiger partial charge >= 0.3 is 0 Å². The first-order valence-corrected chi connectivity index (χ1v) is 5.99. The summed E-state index contributed by atoms with van der Waals surface area (Å²) in [5.41, 5.74) is 2.15. The van der Waals surface area contributed by atoms with Crippen LogP contribution in [0.2, 0.25) is 0 Å². The lowest BCUT2D eigenvalue weighted by molar-refractivity contribution is 0.623. The zero-order valence-corrected chi connectivity index (χ0v) is 12.0. The van der Waals surface area contributed by atoms with Gasteiger partial charge < -0.3 is 10.7 Å². The highest BCUT2D eigenvalue weighted by molar-refractivity contribution is 5.26. The molecular formula is C14H27FN2. The van der Waals surface area contributed by atoms with Crippen LogP contribution in [0.25, 0.3) is 0 Å². The molecule has 1 rings (SSSR count). The Labute approximate surface area is 106 Å². The van der Waals surface area contributed by atoms with Crippen LogP contribution in [-0.2, 0) is 6.54 Å². The minimum atomic E-state index is -0.166. The molecule has 0 spiro atoms. The second-order valence-corrected chi connectivity index (χ2v) is 2.60. The SMILES string of the molecule is C=N.CC.CC.CNCc1cc(F)ccc1C. The molecule has 0 bridgehead atoms. The second kappa shape index (κ2) is 17.2. The largest absolute Gasteiger partial charge is 0.317 e.